The summed E-state index contributed by atoms with van der Waals surface area (Å²) in [5.74, 6) is -0.734. The van der Waals surface area contributed by atoms with Gasteiger partial charge in [0.15, 0.2) is 0 Å². The zero-order valence-corrected chi connectivity index (χ0v) is 16.3. The molecule has 0 unspecified atom stereocenters. The van der Waals surface area contributed by atoms with E-state index in [1.165, 1.54) is 41.3 Å². The van der Waals surface area contributed by atoms with Crippen LogP contribution in [0.4, 0.5) is 10.1 Å². The molecule has 2 aromatic carbocycles. The SMILES string of the molecule is O=C(c1cccc(NS(=O)(=O)c2cc(Cl)ccc2Cl)c1)N1CCC=C(F)C1. The fourth-order valence-corrected chi connectivity index (χ4v) is 4.48. The molecule has 0 saturated carbocycles. The molecule has 2 aromatic rings. The minimum absolute atomic E-state index is 0.0229. The Bertz CT molecular complexity index is 1030. The predicted molar refractivity (Wildman–Crippen MR) is 103 cm³/mol. The molecule has 0 saturated heterocycles. The molecular formula is C18H15Cl2FN2O3S. The summed E-state index contributed by atoms with van der Waals surface area (Å²) in [6, 6.07) is 10.1. The Hall–Kier alpha value is -2.09. The summed E-state index contributed by atoms with van der Waals surface area (Å²) in [4.78, 5) is 13.8. The fraction of sp³-hybridized carbons (Fsp3) is 0.167. The van der Waals surface area contributed by atoms with Gasteiger partial charge < -0.3 is 4.90 Å². The Morgan fingerprint density at radius 2 is 1.93 bits per heavy atom. The van der Waals surface area contributed by atoms with Gasteiger partial charge in [-0.15, -0.1) is 0 Å². The standard InChI is InChI=1S/C18H15Cl2FN2O3S/c19-13-6-7-16(20)17(10-13)27(25,26)22-15-5-1-3-12(9-15)18(24)23-8-2-4-14(21)11-23/h1,3-7,9-10,22H,2,8,11H2. The minimum atomic E-state index is -4.00. The molecule has 1 heterocycles. The van der Waals surface area contributed by atoms with Crippen LogP contribution in [0.2, 0.25) is 10.0 Å². The third kappa shape index (κ3) is 4.61. The van der Waals surface area contributed by atoms with Crippen molar-refractivity contribution in [2.45, 2.75) is 11.3 Å². The van der Waals surface area contributed by atoms with Gasteiger partial charge in [0.05, 0.1) is 11.6 Å². The molecule has 0 bridgehead atoms. The topological polar surface area (TPSA) is 66.5 Å². The van der Waals surface area contributed by atoms with Gasteiger partial charge in [-0.25, -0.2) is 12.8 Å². The van der Waals surface area contributed by atoms with Crippen LogP contribution in [-0.2, 0) is 10.0 Å². The Kier molecular flexibility index (Phi) is 5.74. The molecule has 142 valence electrons. The molecule has 27 heavy (non-hydrogen) atoms. The van der Waals surface area contributed by atoms with Gasteiger partial charge in [0.25, 0.3) is 15.9 Å². The average molecular weight is 429 g/mol. The molecule has 9 heteroatoms. The van der Waals surface area contributed by atoms with Gasteiger partial charge in [0, 0.05) is 22.8 Å². The van der Waals surface area contributed by atoms with Crippen LogP contribution < -0.4 is 4.72 Å². The molecule has 1 aliphatic rings. The second kappa shape index (κ2) is 7.88. The van der Waals surface area contributed by atoms with E-state index in [1.807, 2.05) is 0 Å². The Balaban J connectivity index is 1.84. The molecule has 0 spiro atoms. The summed E-state index contributed by atoms with van der Waals surface area (Å²) in [7, 11) is -4.00. The van der Waals surface area contributed by atoms with Crippen molar-refractivity contribution in [1.82, 2.24) is 4.90 Å². The first-order valence-electron chi connectivity index (χ1n) is 7.98. The number of amides is 1. The third-order valence-electron chi connectivity index (χ3n) is 3.94. The maximum Gasteiger partial charge on any atom is 0.263 e. The van der Waals surface area contributed by atoms with Crippen LogP contribution in [0.3, 0.4) is 0 Å². The second-order valence-electron chi connectivity index (χ2n) is 5.93. The van der Waals surface area contributed by atoms with Crippen molar-refractivity contribution in [3.05, 3.63) is 70.0 Å². The van der Waals surface area contributed by atoms with Gasteiger partial charge >= 0.3 is 0 Å². The first-order valence-corrected chi connectivity index (χ1v) is 10.2. The third-order valence-corrected chi connectivity index (χ3v) is 6.04. The maximum absolute atomic E-state index is 13.4. The van der Waals surface area contributed by atoms with Crippen LogP contribution in [0.5, 0.6) is 0 Å². The number of nitrogens with zero attached hydrogens (tertiary/aromatic N) is 1. The van der Waals surface area contributed by atoms with Crippen molar-refractivity contribution < 1.29 is 17.6 Å². The van der Waals surface area contributed by atoms with Crippen molar-refractivity contribution in [3.8, 4) is 0 Å². The number of hydrogen-bond acceptors (Lipinski definition) is 3. The number of halogens is 3. The van der Waals surface area contributed by atoms with Crippen LogP contribution in [0.1, 0.15) is 16.8 Å². The molecule has 1 aliphatic heterocycles. The van der Waals surface area contributed by atoms with Crippen molar-refractivity contribution in [2.24, 2.45) is 0 Å². The van der Waals surface area contributed by atoms with Gasteiger partial charge in [0.1, 0.15) is 10.7 Å². The molecule has 5 nitrogen and oxygen atoms in total. The average Bonchev–Trinajstić information content (AvgIpc) is 2.63. The van der Waals surface area contributed by atoms with Crippen LogP contribution in [0, 0.1) is 0 Å². The fourth-order valence-electron chi connectivity index (χ4n) is 2.67. The number of nitrogens with one attached hydrogen (secondary N) is 1. The van der Waals surface area contributed by atoms with E-state index >= 15 is 0 Å². The summed E-state index contributed by atoms with van der Waals surface area (Å²) in [5.41, 5.74) is 0.437. The number of rotatable bonds is 4. The van der Waals surface area contributed by atoms with Gasteiger partial charge in [0.2, 0.25) is 0 Å². The zero-order valence-electron chi connectivity index (χ0n) is 14.0. The van der Waals surface area contributed by atoms with Gasteiger partial charge in [-0.1, -0.05) is 29.3 Å². The lowest BCUT2D eigenvalue weighted by Gasteiger charge is -2.24. The van der Waals surface area contributed by atoms with E-state index in [2.05, 4.69) is 4.72 Å². The molecule has 1 amide bonds. The summed E-state index contributed by atoms with van der Waals surface area (Å²) in [6.07, 6.45) is 1.89. The predicted octanol–water partition coefficient (Wildman–Crippen LogP) is 4.49. The van der Waals surface area contributed by atoms with E-state index in [4.69, 9.17) is 23.2 Å². The molecule has 0 atom stereocenters. The van der Waals surface area contributed by atoms with Gasteiger partial charge in [-0.05, 0) is 48.9 Å². The Morgan fingerprint density at radius 1 is 1.15 bits per heavy atom. The number of carbonyl (C=O) groups excluding carboxylic acids is 1. The summed E-state index contributed by atoms with van der Waals surface area (Å²) in [6.45, 7) is 0.313. The first kappa shape index (κ1) is 19.7. The Morgan fingerprint density at radius 3 is 2.67 bits per heavy atom. The van der Waals surface area contributed by atoms with Crippen molar-refractivity contribution in [3.63, 3.8) is 0 Å². The van der Waals surface area contributed by atoms with Crippen LogP contribution in [-0.4, -0.2) is 32.3 Å². The molecule has 1 N–H and O–H groups in total. The minimum Gasteiger partial charge on any atom is -0.332 e. The van der Waals surface area contributed by atoms with Crippen LogP contribution >= 0.6 is 23.2 Å². The number of hydrogen-bond donors (Lipinski definition) is 1. The molecule has 0 aliphatic carbocycles. The summed E-state index contributed by atoms with van der Waals surface area (Å²) >= 11 is 11.8. The summed E-state index contributed by atoms with van der Waals surface area (Å²) < 4.78 is 41.0. The highest BCUT2D eigenvalue weighted by Crippen LogP contribution is 2.27. The van der Waals surface area contributed by atoms with E-state index in [9.17, 15) is 17.6 Å². The van der Waals surface area contributed by atoms with E-state index in [-0.39, 0.29) is 44.5 Å². The normalized spacial score (nSPS) is 14.6. The van der Waals surface area contributed by atoms with Crippen LogP contribution in [0.15, 0.2) is 59.3 Å². The number of benzene rings is 2. The number of anilines is 1. The highest BCUT2D eigenvalue weighted by atomic mass is 35.5. The Labute approximate surface area is 166 Å². The van der Waals surface area contributed by atoms with Gasteiger partial charge in [-0.3, -0.25) is 9.52 Å². The van der Waals surface area contributed by atoms with E-state index in [0.717, 1.165) is 0 Å². The van der Waals surface area contributed by atoms with Crippen molar-refractivity contribution in [2.75, 3.05) is 17.8 Å². The highest BCUT2D eigenvalue weighted by Gasteiger charge is 2.22. The molecular weight excluding hydrogens is 414 g/mol. The smallest absolute Gasteiger partial charge is 0.263 e. The molecule has 0 radical (unpaired) electrons. The number of carbonyl (C=O) groups is 1. The lowest BCUT2D eigenvalue weighted by atomic mass is 10.1. The second-order valence-corrected chi connectivity index (χ2v) is 8.42. The van der Waals surface area contributed by atoms with E-state index in [0.29, 0.717) is 13.0 Å². The van der Waals surface area contributed by atoms with Crippen molar-refractivity contribution >= 4 is 44.8 Å². The quantitative estimate of drug-likeness (QED) is 0.779. The lowest BCUT2D eigenvalue weighted by Crippen LogP contribution is -2.35. The largest absolute Gasteiger partial charge is 0.332 e. The number of sulfonamides is 1. The molecule has 3 rings (SSSR count). The van der Waals surface area contributed by atoms with E-state index < -0.39 is 10.0 Å². The monoisotopic (exact) mass is 428 g/mol. The molecule has 0 fully saturated rings. The maximum atomic E-state index is 13.4. The van der Waals surface area contributed by atoms with E-state index in [1.54, 1.807) is 12.1 Å². The molecule has 0 aromatic heterocycles. The zero-order chi connectivity index (χ0) is 19.6. The summed E-state index contributed by atoms with van der Waals surface area (Å²) in [5, 5.41) is 0.249. The lowest BCUT2D eigenvalue weighted by molar-refractivity contribution is 0.0755. The van der Waals surface area contributed by atoms with Crippen LogP contribution in [0.25, 0.3) is 0 Å². The first-order chi connectivity index (χ1) is 12.8. The van der Waals surface area contributed by atoms with Gasteiger partial charge in [-0.2, -0.15) is 0 Å². The van der Waals surface area contributed by atoms with Crippen molar-refractivity contribution in [1.29, 1.82) is 0 Å². The highest BCUT2D eigenvalue weighted by molar-refractivity contribution is 7.92.